The molecule has 0 bridgehead atoms. The van der Waals surface area contributed by atoms with Gasteiger partial charge in [0, 0.05) is 17.6 Å². The molecule has 96 valence electrons. The fraction of sp³-hybridized carbons (Fsp3) is 0.188. The summed E-state index contributed by atoms with van der Waals surface area (Å²) in [6.07, 6.45) is 0. The highest BCUT2D eigenvalue weighted by molar-refractivity contribution is 9.10. The molecular weight excluding hydrogens is 300 g/mol. The van der Waals surface area contributed by atoms with Gasteiger partial charge < -0.3 is 5.32 Å². The van der Waals surface area contributed by atoms with Gasteiger partial charge in [0.1, 0.15) is 0 Å². The molecular formula is C16H15BrN2. The van der Waals surface area contributed by atoms with E-state index in [1.165, 1.54) is 16.7 Å². The first-order valence-corrected chi connectivity index (χ1v) is 6.93. The summed E-state index contributed by atoms with van der Waals surface area (Å²) >= 11 is 3.54. The lowest BCUT2D eigenvalue weighted by Crippen LogP contribution is -2.12. The maximum Gasteiger partial charge on any atom is 0.0991 e. The quantitative estimate of drug-likeness (QED) is 0.928. The average molecular weight is 315 g/mol. The molecule has 1 N–H and O–H groups in total. The van der Waals surface area contributed by atoms with Crippen LogP contribution >= 0.6 is 15.9 Å². The Morgan fingerprint density at radius 1 is 1.05 bits per heavy atom. The van der Waals surface area contributed by atoms with Gasteiger partial charge in [0.2, 0.25) is 0 Å². The van der Waals surface area contributed by atoms with Crippen molar-refractivity contribution >= 4 is 15.9 Å². The predicted octanol–water partition coefficient (Wildman–Crippen LogP) is 3.92. The van der Waals surface area contributed by atoms with Gasteiger partial charge in [-0.1, -0.05) is 40.2 Å². The van der Waals surface area contributed by atoms with Crippen molar-refractivity contribution in [1.29, 1.82) is 5.26 Å². The Hall–Kier alpha value is -1.63. The van der Waals surface area contributed by atoms with Crippen molar-refractivity contribution in [2.24, 2.45) is 0 Å². The van der Waals surface area contributed by atoms with Gasteiger partial charge in [-0.3, -0.25) is 0 Å². The Labute approximate surface area is 122 Å². The molecule has 0 aliphatic carbocycles. The summed E-state index contributed by atoms with van der Waals surface area (Å²) in [5.41, 5.74) is 4.39. The van der Waals surface area contributed by atoms with Crippen LogP contribution < -0.4 is 5.32 Å². The summed E-state index contributed by atoms with van der Waals surface area (Å²) in [6.45, 7) is 3.72. The highest BCUT2D eigenvalue weighted by atomic mass is 79.9. The van der Waals surface area contributed by atoms with Crippen LogP contribution in [0, 0.1) is 18.3 Å². The molecule has 3 heteroatoms. The monoisotopic (exact) mass is 314 g/mol. The zero-order valence-electron chi connectivity index (χ0n) is 10.8. The Morgan fingerprint density at radius 2 is 1.68 bits per heavy atom. The minimum Gasteiger partial charge on any atom is -0.309 e. The van der Waals surface area contributed by atoms with Gasteiger partial charge in [-0.15, -0.1) is 0 Å². The first kappa shape index (κ1) is 13.8. The molecule has 2 aromatic rings. The van der Waals surface area contributed by atoms with Crippen LogP contribution in [0.15, 0.2) is 46.9 Å². The molecule has 0 radical (unpaired) electrons. The molecule has 19 heavy (non-hydrogen) atoms. The zero-order valence-corrected chi connectivity index (χ0v) is 12.4. The van der Waals surface area contributed by atoms with Gasteiger partial charge in [0.25, 0.3) is 0 Å². The summed E-state index contributed by atoms with van der Waals surface area (Å²) in [7, 11) is 0. The minimum absolute atomic E-state index is 0.700. The second-order valence-corrected chi connectivity index (χ2v) is 5.35. The molecule has 0 saturated heterocycles. The van der Waals surface area contributed by atoms with Crippen LogP contribution in [-0.4, -0.2) is 0 Å². The lowest BCUT2D eigenvalue weighted by molar-refractivity contribution is 0.693. The number of benzene rings is 2. The molecule has 0 fully saturated rings. The van der Waals surface area contributed by atoms with Crippen molar-refractivity contribution in [1.82, 2.24) is 5.32 Å². The van der Waals surface area contributed by atoms with E-state index in [4.69, 9.17) is 5.26 Å². The number of hydrogen-bond donors (Lipinski definition) is 1. The number of nitrogens with one attached hydrogen (secondary N) is 1. The van der Waals surface area contributed by atoms with E-state index in [1.54, 1.807) is 0 Å². The predicted molar refractivity (Wildman–Crippen MR) is 80.6 cm³/mol. The number of hydrogen-bond acceptors (Lipinski definition) is 2. The minimum atomic E-state index is 0.700. The first-order valence-electron chi connectivity index (χ1n) is 6.14. The molecule has 0 atom stereocenters. The second kappa shape index (κ2) is 6.51. The Bertz CT molecular complexity index is 597. The molecule has 2 aromatic carbocycles. The molecule has 0 aliphatic rings. The van der Waals surface area contributed by atoms with Crippen molar-refractivity contribution in [2.45, 2.75) is 20.0 Å². The zero-order chi connectivity index (χ0) is 13.7. The molecule has 0 amide bonds. The van der Waals surface area contributed by atoms with E-state index in [-0.39, 0.29) is 0 Å². The van der Waals surface area contributed by atoms with Gasteiger partial charge >= 0.3 is 0 Å². The molecule has 2 rings (SSSR count). The van der Waals surface area contributed by atoms with Crippen molar-refractivity contribution in [3.05, 3.63) is 69.2 Å². The third kappa shape index (κ3) is 3.92. The summed E-state index contributed by atoms with van der Waals surface area (Å²) in [5, 5.41) is 12.1. The van der Waals surface area contributed by atoms with E-state index in [9.17, 15) is 0 Å². The van der Waals surface area contributed by atoms with Crippen LogP contribution in [-0.2, 0) is 13.1 Å². The smallest absolute Gasteiger partial charge is 0.0991 e. The van der Waals surface area contributed by atoms with Crippen molar-refractivity contribution in [2.75, 3.05) is 0 Å². The van der Waals surface area contributed by atoms with Gasteiger partial charge in [-0.05, 0) is 41.8 Å². The van der Waals surface area contributed by atoms with Gasteiger partial charge in [0.15, 0.2) is 0 Å². The van der Waals surface area contributed by atoms with Crippen LogP contribution in [0.25, 0.3) is 0 Å². The fourth-order valence-electron chi connectivity index (χ4n) is 1.79. The Morgan fingerprint density at radius 3 is 2.32 bits per heavy atom. The van der Waals surface area contributed by atoms with Crippen molar-refractivity contribution < 1.29 is 0 Å². The maximum absolute atomic E-state index is 8.73. The van der Waals surface area contributed by atoms with Crippen LogP contribution in [0.5, 0.6) is 0 Å². The number of nitriles is 1. The van der Waals surface area contributed by atoms with E-state index < -0.39 is 0 Å². The molecule has 2 nitrogen and oxygen atoms in total. The lowest BCUT2D eigenvalue weighted by Gasteiger charge is -2.07. The Kier molecular flexibility index (Phi) is 4.73. The number of aryl methyl sites for hydroxylation is 1. The maximum atomic E-state index is 8.73. The van der Waals surface area contributed by atoms with Gasteiger partial charge in [-0.25, -0.2) is 0 Å². The topological polar surface area (TPSA) is 35.8 Å². The second-order valence-electron chi connectivity index (χ2n) is 4.50. The third-order valence-electron chi connectivity index (χ3n) is 2.98. The van der Waals surface area contributed by atoms with Crippen LogP contribution in [0.4, 0.5) is 0 Å². The van der Waals surface area contributed by atoms with E-state index in [2.05, 4.69) is 52.4 Å². The van der Waals surface area contributed by atoms with E-state index in [0.717, 1.165) is 17.6 Å². The van der Waals surface area contributed by atoms with E-state index in [0.29, 0.717) is 5.56 Å². The molecule has 0 spiro atoms. The van der Waals surface area contributed by atoms with Crippen molar-refractivity contribution in [3.63, 3.8) is 0 Å². The summed E-state index contributed by atoms with van der Waals surface area (Å²) in [6, 6.07) is 16.2. The van der Waals surface area contributed by atoms with E-state index >= 15 is 0 Å². The Balaban J connectivity index is 1.89. The third-order valence-corrected chi connectivity index (χ3v) is 3.83. The summed E-state index contributed by atoms with van der Waals surface area (Å²) in [5.74, 6) is 0. The fourth-order valence-corrected chi connectivity index (χ4v) is 2.22. The summed E-state index contributed by atoms with van der Waals surface area (Å²) < 4.78 is 1.14. The first-order chi connectivity index (χ1) is 9.19. The molecule has 0 aliphatic heterocycles. The van der Waals surface area contributed by atoms with Crippen molar-refractivity contribution in [3.8, 4) is 6.07 Å². The largest absolute Gasteiger partial charge is 0.309 e. The average Bonchev–Trinajstić information content (AvgIpc) is 2.43. The highest BCUT2D eigenvalue weighted by Gasteiger charge is 1.98. The number of halogens is 1. The number of nitrogens with zero attached hydrogens (tertiary/aromatic N) is 1. The lowest BCUT2D eigenvalue weighted by atomic mass is 10.1. The van der Waals surface area contributed by atoms with Gasteiger partial charge in [-0.2, -0.15) is 5.26 Å². The standard InChI is InChI=1S/C16H15BrN2/c1-12-2-3-15(8-16(12)17)11-19-10-14-6-4-13(9-18)5-7-14/h2-8,19H,10-11H2,1H3. The van der Waals surface area contributed by atoms with Crippen LogP contribution in [0.3, 0.4) is 0 Å². The highest BCUT2D eigenvalue weighted by Crippen LogP contribution is 2.17. The molecule has 0 aromatic heterocycles. The molecule has 0 heterocycles. The summed E-state index contributed by atoms with van der Waals surface area (Å²) in [4.78, 5) is 0. The normalized spacial score (nSPS) is 10.2. The number of rotatable bonds is 4. The van der Waals surface area contributed by atoms with Crippen LogP contribution in [0.1, 0.15) is 22.3 Å². The van der Waals surface area contributed by atoms with Crippen LogP contribution in [0.2, 0.25) is 0 Å². The van der Waals surface area contributed by atoms with E-state index in [1.807, 2.05) is 24.3 Å². The molecule has 0 saturated carbocycles. The van der Waals surface area contributed by atoms with Gasteiger partial charge in [0.05, 0.1) is 11.6 Å². The molecule has 0 unspecified atom stereocenters. The SMILES string of the molecule is Cc1ccc(CNCc2ccc(C#N)cc2)cc1Br.